The molecule has 0 N–H and O–H groups in total. The summed E-state index contributed by atoms with van der Waals surface area (Å²) in [5, 5.41) is 5.89. The molecule has 3 heterocycles. The zero-order valence-corrected chi connectivity index (χ0v) is 14.7. The summed E-state index contributed by atoms with van der Waals surface area (Å²) in [5.41, 5.74) is 2.25. The van der Waals surface area contributed by atoms with E-state index in [1.807, 2.05) is 60.7 Å². The Morgan fingerprint density at radius 3 is 2.61 bits per heavy atom. The third-order valence-corrected chi connectivity index (χ3v) is 4.39. The zero-order valence-electron chi connectivity index (χ0n) is 14.7. The maximum absolute atomic E-state index is 12.3. The molecule has 0 atom stereocenters. The zero-order chi connectivity index (χ0) is 18.9. The fourth-order valence-electron chi connectivity index (χ4n) is 2.99. The Labute approximate surface area is 159 Å². The van der Waals surface area contributed by atoms with Gasteiger partial charge < -0.3 is 13.7 Å². The Kier molecular flexibility index (Phi) is 3.87. The molecule has 6 nitrogen and oxygen atoms in total. The van der Waals surface area contributed by atoms with Gasteiger partial charge in [-0.3, -0.25) is 0 Å². The van der Waals surface area contributed by atoms with E-state index < -0.39 is 5.97 Å². The molecular formula is C22H14N2O4. The minimum Gasteiger partial charge on any atom is -0.454 e. The molecular weight excluding hydrogens is 356 g/mol. The van der Waals surface area contributed by atoms with Crippen LogP contribution in [0, 0.1) is 0 Å². The van der Waals surface area contributed by atoms with Crippen LogP contribution in [-0.4, -0.2) is 16.1 Å². The first kappa shape index (κ1) is 16.3. The van der Waals surface area contributed by atoms with Crippen molar-refractivity contribution in [1.29, 1.82) is 0 Å². The summed E-state index contributed by atoms with van der Waals surface area (Å²) in [6, 6.07) is 22.3. The van der Waals surface area contributed by atoms with Crippen LogP contribution in [0.15, 0.2) is 81.7 Å². The molecule has 28 heavy (non-hydrogen) atoms. The Morgan fingerprint density at radius 1 is 0.893 bits per heavy atom. The molecule has 5 aromatic rings. The van der Waals surface area contributed by atoms with E-state index in [4.69, 9.17) is 13.7 Å². The highest BCUT2D eigenvalue weighted by Gasteiger charge is 2.15. The van der Waals surface area contributed by atoms with Crippen molar-refractivity contribution in [2.45, 2.75) is 6.61 Å². The maximum Gasteiger partial charge on any atom is 0.357 e. The van der Waals surface area contributed by atoms with Crippen LogP contribution < -0.4 is 0 Å². The molecule has 136 valence electrons. The second-order valence-electron chi connectivity index (χ2n) is 6.30. The number of pyridine rings is 1. The van der Waals surface area contributed by atoms with Crippen LogP contribution in [0.1, 0.15) is 16.2 Å². The van der Waals surface area contributed by atoms with Crippen LogP contribution in [0.25, 0.3) is 33.4 Å². The van der Waals surface area contributed by atoms with E-state index in [9.17, 15) is 4.79 Å². The smallest absolute Gasteiger partial charge is 0.357 e. The van der Waals surface area contributed by atoms with Gasteiger partial charge in [0.05, 0.1) is 5.52 Å². The number of carbonyl (C=O) groups excluding carboxylic acids is 1. The number of rotatable bonds is 4. The molecule has 2 aromatic carbocycles. The number of esters is 1. The minimum absolute atomic E-state index is 0.0168. The van der Waals surface area contributed by atoms with E-state index >= 15 is 0 Å². The van der Waals surface area contributed by atoms with Gasteiger partial charge in [-0.05, 0) is 24.3 Å². The lowest BCUT2D eigenvalue weighted by Gasteiger charge is -2.03. The third-order valence-electron chi connectivity index (χ3n) is 4.39. The number of fused-ring (bicyclic) bond motifs is 2. The predicted octanol–water partition coefficient (Wildman–Crippen LogP) is 4.99. The summed E-state index contributed by atoms with van der Waals surface area (Å²) in [7, 11) is 0. The highest BCUT2D eigenvalue weighted by molar-refractivity contribution is 5.91. The lowest BCUT2D eigenvalue weighted by molar-refractivity contribution is 0.0458. The molecule has 0 unspecified atom stereocenters. The molecule has 0 amide bonds. The van der Waals surface area contributed by atoms with Gasteiger partial charge in [-0.25, -0.2) is 9.78 Å². The molecule has 5 rings (SSSR count). The summed E-state index contributed by atoms with van der Waals surface area (Å²) >= 11 is 0. The van der Waals surface area contributed by atoms with Crippen LogP contribution in [0.5, 0.6) is 0 Å². The minimum atomic E-state index is -0.515. The fraction of sp³-hybridized carbons (Fsp3) is 0.0455. The predicted molar refractivity (Wildman–Crippen MR) is 103 cm³/mol. The largest absolute Gasteiger partial charge is 0.454 e. The highest BCUT2D eigenvalue weighted by atomic mass is 16.5. The van der Waals surface area contributed by atoms with Gasteiger partial charge in [0.25, 0.3) is 0 Å². The SMILES string of the molecule is O=C(OCc1cc(-c2cc3ccccc3o2)on1)c1ccc2ccccc2n1. The molecule has 3 aromatic heterocycles. The summed E-state index contributed by atoms with van der Waals surface area (Å²) in [6.45, 7) is -0.0168. The van der Waals surface area contributed by atoms with Crippen LogP contribution in [-0.2, 0) is 11.3 Å². The average molecular weight is 370 g/mol. The lowest BCUT2D eigenvalue weighted by atomic mass is 10.2. The molecule has 0 saturated heterocycles. The number of hydrogen-bond donors (Lipinski definition) is 0. The summed E-state index contributed by atoms with van der Waals surface area (Å²) in [4.78, 5) is 16.6. The van der Waals surface area contributed by atoms with Crippen molar-refractivity contribution in [3.05, 3.63) is 84.2 Å². The molecule has 0 spiro atoms. The quantitative estimate of drug-likeness (QED) is 0.415. The number of benzene rings is 2. The molecule has 0 aliphatic heterocycles. The van der Waals surface area contributed by atoms with Gasteiger partial charge in [0.1, 0.15) is 23.6 Å². The van der Waals surface area contributed by atoms with Crippen molar-refractivity contribution in [1.82, 2.24) is 10.1 Å². The average Bonchev–Trinajstić information content (AvgIpc) is 3.38. The standard InChI is InChI=1S/C22H14N2O4/c25-22(18-10-9-14-5-1-3-7-17(14)23-18)26-13-16-12-21(28-24-16)20-11-15-6-2-4-8-19(15)27-20/h1-12H,13H2. The summed E-state index contributed by atoms with van der Waals surface area (Å²) < 4.78 is 16.4. The van der Waals surface area contributed by atoms with Crippen molar-refractivity contribution in [3.63, 3.8) is 0 Å². The first-order chi connectivity index (χ1) is 13.8. The molecule has 0 aliphatic rings. The number of nitrogens with zero attached hydrogens (tertiary/aromatic N) is 2. The topological polar surface area (TPSA) is 78.4 Å². The monoisotopic (exact) mass is 370 g/mol. The number of para-hydroxylation sites is 2. The molecule has 0 saturated carbocycles. The van der Waals surface area contributed by atoms with Crippen molar-refractivity contribution >= 4 is 27.8 Å². The van der Waals surface area contributed by atoms with Crippen LogP contribution >= 0.6 is 0 Å². The molecule has 0 bridgehead atoms. The number of hydrogen-bond acceptors (Lipinski definition) is 6. The Hall–Kier alpha value is -3.93. The molecule has 0 aliphatic carbocycles. The van der Waals surface area contributed by atoms with Crippen LogP contribution in [0.2, 0.25) is 0 Å². The first-order valence-electron chi connectivity index (χ1n) is 8.74. The fourth-order valence-corrected chi connectivity index (χ4v) is 2.99. The maximum atomic E-state index is 12.3. The van der Waals surface area contributed by atoms with Crippen molar-refractivity contribution < 1.29 is 18.5 Å². The second kappa shape index (κ2) is 6.66. The van der Waals surface area contributed by atoms with Gasteiger partial charge in [-0.2, -0.15) is 0 Å². The number of ether oxygens (including phenoxy) is 1. The highest BCUT2D eigenvalue weighted by Crippen LogP contribution is 2.28. The van der Waals surface area contributed by atoms with E-state index in [-0.39, 0.29) is 12.3 Å². The van der Waals surface area contributed by atoms with Gasteiger partial charge >= 0.3 is 5.97 Å². The first-order valence-corrected chi connectivity index (χ1v) is 8.74. The van der Waals surface area contributed by atoms with Crippen LogP contribution in [0.4, 0.5) is 0 Å². The van der Waals surface area contributed by atoms with Crippen molar-refractivity contribution in [2.24, 2.45) is 0 Å². The van der Waals surface area contributed by atoms with Gasteiger partial charge in [0, 0.05) is 16.8 Å². The van der Waals surface area contributed by atoms with E-state index in [0.717, 1.165) is 21.9 Å². The van der Waals surface area contributed by atoms with Gasteiger partial charge in [-0.1, -0.05) is 47.6 Å². The number of aromatic nitrogens is 2. The molecule has 0 radical (unpaired) electrons. The Morgan fingerprint density at radius 2 is 1.71 bits per heavy atom. The third kappa shape index (κ3) is 3.01. The Bertz CT molecular complexity index is 1270. The second-order valence-corrected chi connectivity index (χ2v) is 6.30. The summed E-state index contributed by atoms with van der Waals surface area (Å²) in [6.07, 6.45) is 0. The molecule has 0 fully saturated rings. The van der Waals surface area contributed by atoms with Gasteiger partial charge in [0.15, 0.2) is 5.76 Å². The van der Waals surface area contributed by atoms with E-state index in [0.29, 0.717) is 17.2 Å². The lowest BCUT2D eigenvalue weighted by Crippen LogP contribution is -2.07. The van der Waals surface area contributed by atoms with Gasteiger partial charge in [-0.15, -0.1) is 0 Å². The molecule has 6 heteroatoms. The van der Waals surface area contributed by atoms with E-state index in [2.05, 4.69) is 10.1 Å². The van der Waals surface area contributed by atoms with Crippen molar-refractivity contribution in [2.75, 3.05) is 0 Å². The van der Waals surface area contributed by atoms with E-state index in [1.54, 1.807) is 12.1 Å². The summed E-state index contributed by atoms with van der Waals surface area (Å²) in [5.74, 6) is 0.535. The van der Waals surface area contributed by atoms with Crippen molar-refractivity contribution in [3.8, 4) is 11.5 Å². The number of furan rings is 1. The van der Waals surface area contributed by atoms with Gasteiger partial charge in [0.2, 0.25) is 5.76 Å². The number of carbonyl (C=O) groups is 1. The Balaban J connectivity index is 1.30. The van der Waals surface area contributed by atoms with Crippen LogP contribution in [0.3, 0.4) is 0 Å². The van der Waals surface area contributed by atoms with E-state index in [1.165, 1.54) is 0 Å². The normalized spacial score (nSPS) is 11.1.